The molecule has 4 N–H and O–H groups in total. The Labute approximate surface area is 122 Å². The van der Waals surface area contributed by atoms with Crippen molar-refractivity contribution in [3.05, 3.63) is 24.3 Å². The molecule has 0 aliphatic heterocycles. The van der Waals surface area contributed by atoms with Crippen LogP contribution in [-0.4, -0.2) is 29.1 Å². The van der Waals surface area contributed by atoms with E-state index in [-0.39, 0.29) is 11.8 Å². The van der Waals surface area contributed by atoms with Gasteiger partial charge in [-0.05, 0) is 24.1 Å². The van der Waals surface area contributed by atoms with Crippen LogP contribution in [0, 0.1) is 5.92 Å². The van der Waals surface area contributed by atoms with Gasteiger partial charge in [0.05, 0.1) is 0 Å². The van der Waals surface area contributed by atoms with E-state index in [9.17, 15) is 14.4 Å². The number of benzene rings is 1. The van der Waals surface area contributed by atoms with E-state index in [1.54, 1.807) is 38.1 Å². The van der Waals surface area contributed by atoms with Gasteiger partial charge in [-0.15, -0.1) is 0 Å². The predicted octanol–water partition coefficient (Wildman–Crippen LogP) is 1.88. The lowest BCUT2D eigenvalue weighted by Gasteiger charge is -2.18. The summed E-state index contributed by atoms with van der Waals surface area (Å²) < 4.78 is 0. The van der Waals surface area contributed by atoms with Gasteiger partial charge in [0.15, 0.2) is 0 Å². The molecule has 1 aromatic carbocycles. The van der Waals surface area contributed by atoms with E-state index in [0.29, 0.717) is 11.4 Å². The van der Waals surface area contributed by atoms with Crippen molar-refractivity contribution < 1.29 is 19.5 Å². The van der Waals surface area contributed by atoms with E-state index in [2.05, 4.69) is 16.0 Å². The summed E-state index contributed by atoms with van der Waals surface area (Å²) in [5.41, 5.74) is 0.991. The molecule has 1 aromatic rings. The van der Waals surface area contributed by atoms with E-state index < -0.39 is 18.0 Å². The van der Waals surface area contributed by atoms with E-state index in [1.165, 1.54) is 6.92 Å². The number of carbonyl (C=O) groups excluding carboxylic acids is 2. The largest absolute Gasteiger partial charge is 0.480 e. The zero-order chi connectivity index (χ0) is 16.0. The Morgan fingerprint density at radius 1 is 1.10 bits per heavy atom. The van der Waals surface area contributed by atoms with Crippen LogP contribution in [0.1, 0.15) is 20.8 Å². The lowest BCUT2D eigenvalue weighted by Crippen LogP contribution is -2.46. The first kappa shape index (κ1) is 16.5. The van der Waals surface area contributed by atoms with Gasteiger partial charge >= 0.3 is 12.0 Å². The molecule has 3 amide bonds. The van der Waals surface area contributed by atoms with Crippen LogP contribution in [0.5, 0.6) is 0 Å². The van der Waals surface area contributed by atoms with Crippen LogP contribution in [0.4, 0.5) is 16.2 Å². The van der Waals surface area contributed by atoms with Crippen LogP contribution in [0.3, 0.4) is 0 Å². The second-order valence-corrected chi connectivity index (χ2v) is 4.92. The zero-order valence-electron chi connectivity index (χ0n) is 12.1. The number of nitrogens with one attached hydrogen (secondary N) is 3. The first-order chi connectivity index (χ1) is 9.79. The molecule has 0 aliphatic rings. The van der Waals surface area contributed by atoms with Crippen molar-refractivity contribution in [3.8, 4) is 0 Å². The van der Waals surface area contributed by atoms with E-state index in [1.807, 2.05) is 0 Å². The van der Waals surface area contributed by atoms with Crippen LogP contribution in [-0.2, 0) is 9.59 Å². The molecule has 0 bridgehead atoms. The van der Waals surface area contributed by atoms with Crippen molar-refractivity contribution in [2.75, 3.05) is 10.6 Å². The molecule has 7 nitrogen and oxygen atoms in total. The Morgan fingerprint density at radius 2 is 1.67 bits per heavy atom. The lowest BCUT2D eigenvalue weighted by atomic mass is 10.1. The van der Waals surface area contributed by atoms with Gasteiger partial charge in [-0.25, -0.2) is 9.59 Å². The molecule has 0 spiro atoms. The molecule has 0 unspecified atom stereocenters. The predicted molar refractivity (Wildman–Crippen MR) is 79.2 cm³/mol. The molecule has 0 aromatic heterocycles. The second kappa shape index (κ2) is 7.28. The highest BCUT2D eigenvalue weighted by molar-refractivity contribution is 5.94. The summed E-state index contributed by atoms with van der Waals surface area (Å²) in [6.07, 6.45) is 0. The molecule has 0 saturated heterocycles. The summed E-state index contributed by atoms with van der Waals surface area (Å²) in [7, 11) is 0. The Kier molecular flexibility index (Phi) is 5.71. The van der Waals surface area contributed by atoms with Gasteiger partial charge in [-0.1, -0.05) is 19.9 Å². The number of hydrogen-bond acceptors (Lipinski definition) is 3. The fourth-order valence-electron chi connectivity index (χ4n) is 1.70. The van der Waals surface area contributed by atoms with Gasteiger partial charge in [0, 0.05) is 18.3 Å². The average Bonchev–Trinajstić information content (AvgIpc) is 2.34. The topological polar surface area (TPSA) is 108 Å². The van der Waals surface area contributed by atoms with Gasteiger partial charge in [-0.2, -0.15) is 0 Å². The summed E-state index contributed by atoms with van der Waals surface area (Å²) in [4.78, 5) is 33.8. The van der Waals surface area contributed by atoms with Crippen molar-refractivity contribution in [2.24, 2.45) is 5.92 Å². The highest BCUT2D eigenvalue weighted by atomic mass is 16.4. The third kappa shape index (κ3) is 5.52. The van der Waals surface area contributed by atoms with E-state index in [4.69, 9.17) is 5.11 Å². The Bertz CT molecular complexity index is 543. The monoisotopic (exact) mass is 293 g/mol. The van der Waals surface area contributed by atoms with Crippen molar-refractivity contribution in [2.45, 2.75) is 26.8 Å². The van der Waals surface area contributed by atoms with Crippen molar-refractivity contribution in [1.82, 2.24) is 5.32 Å². The van der Waals surface area contributed by atoms with Crippen molar-refractivity contribution >= 4 is 29.3 Å². The first-order valence-electron chi connectivity index (χ1n) is 6.47. The number of carbonyl (C=O) groups is 3. The summed E-state index contributed by atoms with van der Waals surface area (Å²) in [6, 6.07) is 4.97. The SMILES string of the molecule is CC(=O)Nc1cccc(NC(=O)N[C@H](C(=O)O)C(C)C)c1. The first-order valence-corrected chi connectivity index (χ1v) is 6.47. The van der Waals surface area contributed by atoms with Crippen LogP contribution in [0.2, 0.25) is 0 Å². The van der Waals surface area contributed by atoms with E-state index >= 15 is 0 Å². The summed E-state index contributed by atoms with van der Waals surface area (Å²) >= 11 is 0. The zero-order valence-corrected chi connectivity index (χ0v) is 12.1. The molecule has 1 rings (SSSR count). The standard InChI is InChI=1S/C14H19N3O4/c1-8(2)12(13(19)20)17-14(21)16-11-6-4-5-10(7-11)15-9(3)18/h4-8,12H,1-3H3,(H,15,18)(H,19,20)(H2,16,17,21)/t12-/m0/s1. The minimum Gasteiger partial charge on any atom is -0.480 e. The van der Waals surface area contributed by atoms with Crippen LogP contribution >= 0.6 is 0 Å². The normalized spacial score (nSPS) is 11.6. The smallest absolute Gasteiger partial charge is 0.326 e. The van der Waals surface area contributed by atoms with Crippen LogP contribution in [0.15, 0.2) is 24.3 Å². The van der Waals surface area contributed by atoms with Gasteiger partial charge in [0.2, 0.25) is 5.91 Å². The Hall–Kier alpha value is -2.57. The number of hydrogen-bond donors (Lipinski definition) is 4. The number of carboxylic acid groups (broad SMARTS) is 1. The third-order valence-corrected chi connectivity index (χ3v) is 2.66. The van der Waals surface area contributed by atoms with Crippen LogP contribution in [0.25, 0.3) is 0 Å². The fraction of sp³-hybridized carbons (Fsp3) is 0.357. The maximum atomic E-state index is 11.8. The van der Waals surface area contributed by atoms with Gasteiger partial charge in [0.25, 0.3) is 0 Å². The maximum absolute atomic E-state index is 11.8. The molecule has 0 heterocycles. The van der Waals surface area contributed by atoms with Crippen molar-refractivity contribution in [1.29, 1.82) is 0 Å². The van der Waals surface area contributed by atoms with Gasteiger partial charge in [-0.3, -0.25) is 4.79 Å². The maximum Gasteiger partial charge on any atom is 0.326 e. The molecule has 0 fully saturated rings. The molecule has 0 aliphatic carbocycles. The second-order valence-electron chi connectivity index (χ2n) is 4.92. The molecular weight excluding hydrogens is 274 g/mol. The minimum atomic E-state index is -1.09. The molecule has 114 valence electrons. The molecular formula is C14H19N3O4. The van der Waals surface area contributed by atoms with Crippen molar-refractivity contribution in [3.63, 3.8) is 0 Å². The molecule has 21 heavy (non-hydrogen) atoms. The van der Waals surface area contributed by atoms with Crippen LogP contribution < -0.4 is 16.0 Å². The number of amides is 3. The quantitative estimate of drug-likeness (QED) is 0.664. The average molecular weight is 293 g/mol. The van der Waals surface area contributed by atoms with Gasteiger partial charge in [0.1, 0.15) is 6.04 Å². The van der Waals surface area contributed by atoms with E-state index in [0.717, 1.165) is 0 Å². The lowest BCUT2D eigenvalue weighted by molar-refractivity contribution is -0.140. The summed E-state index contributed by atoms with van der Waals surface area (Å²) in [6.45, 7) is 4.79. The highest BCUT2D eigenvalue weighted by Crippen LogP contribution is 2.15. The number of anilines is 2. The van der Waals surface area contributed by atoms with Gasteiger partial charge < -0.3 is 21.1 Å². The number of aliphatic carboxylic acids is 1. The summed E-state index contributed by atoms with van der Waals surface area (Å²) in [5, 5.41) is 16.5. The summed E-state index contributed by atoms with van der Waals surface area (Å²) in [5.74, 6) is -1.55. The number of rotatable bonds is 5. The highest BCUT2D eigenvalue weighted by Gasteiger charge is 2.23. The molecule has 0 radical (unpaired) electrons. The Morgan fingerprint density at radius 3 is 2.14 bits per heavy atom. The minimum absolute atomic E-state index is 0.220. The molecule has 1 atom stereocenters. The third-order valence-electron chi connectivity index (χ3n) is 2.66. The Balaban J connectivity index is 2.70. The molecule has 7 heteroatoms. The number of carboxylic acids is 1. The molecule has 0 saturated carbocycles. The number of urea groups is 1. The fourth-order valence-corrected chi connectivity index (χ4v) is 1.70.